The Labute approximate surface area is 194 Å². The first kappa shape index (κ1) is 21.3. The van der Waals surface area contributed by atoms with Crippen LogP contribution in [0.15, 0.2) is 49.2 Å². The predicted octanol–water partition coefficient (Wildman–Crippen LogP) is 5.34. The van der Waals surface area contributed by atoms with Gasteiger partial charge in [0.2, 0.25) is 11.6 Å². The highest BCUT2D eigenvalue weighted by molar-refractivity contribution is 6.02. The second kappa shape index (κ2) is 7.77. The van der Waals surface area contributed by atoms with Crippen molar-refractivity contribution in [3.8, 4) is 11.1 Å². The van der Waals surface area contributed by atoms with E-state index in [0.29, 0.717) is 11.6 Å². The third-order valence-corrected chi connectivity index (χ3v) is 7.49. The second-order valence-electron chi connectivity index (χ2n) is 9.77. The van der Waals surface area contributed by atoms with Gasteiger partial charge in [0.15, 0.2) is 0 Å². The van der Waals surface area contributed by atoms with Gasteiger partial charge in [-0.05, 0) is 54.2 Å². The van der Waals surface area contributed by atoms with Crippen molar-refractivity contribution in [1.29, 1.82) is 0 Å². The molecule has 0 aliphatic carbocycles. The molecule has 1 aromatic heterocycles. The quantitative estimate of drug-likeness (QED) is 0.441. The summed E-state index contributed by atoms with van der Waals surface area (Å²) in [6, 6.07) is 10.5. The summed E-state index contributed by atoms with van der Waals surface area (Å²) in [6.45, 7) is 20.7. The summed E-state index contributed by atoms with van der Waals surface area (Å²) >= 11 is 0. The summed E-state index contributed by atoms with van der Waals surface area (Å²) in [5, 5.41) is 8.30. The van der Waals surface area contributed by atoms with Crippen LogP contribution in [-0.2, 0) is 4.79 Å². The molecule has 2 fully saturated rings. The van der Waals surface area contributed by atoms with Crippen LogP contribution in [0.5, 0.6) is 0 Å². The van der Waals surface area contributed by atoms with Crippen molar-refractivity contribution < 1.29 is 4.79 Å². The molecular formula is C27H29N5O. The zero-order valence-corrected chi connectivity index (χ0v) is 19.4. The molecule has 1 amide bonds. The molecule has 6 heteroatoms. The summed E-state index contributed by atoms with van der Waals surface area (Å²) < 4.78 is 0. The Morgan fingerprint density at radius 1 is 1.33 bits per heavy atom. The number of aryl methyl sites for hydroxylation is 1. The van der Waals surface area contributed by atoms with Gasteiger partial charge in [-0.1, -0.05) is 38.6 Å². The van der Waals surface area contributed by atoms with E-state index in [9.17, 15) is 4.79 Å². The van der Waals surface area contributed by atoms with E-state index in [2.05, 4.69) is 65.5 Å². The van der Waals surface area contributed by atoms with Gasteiger partial charge in [0, 0.05) is 42.2 Å². The molecule has 168 valence electrons. The number of aromatic amines is 1. The maximum Gasteiger partial charge on any atom is 0.246 e. The lowest BCUT2D eigenvalue weighted by atomic mass is 9.66. The van der Waals surface area contributed by atoms with E-state index in [0.717, 1.165) is 59.3 Å². The van der Waals surface area contributed by atoms with Crippen LogP contribution in [0.4, 0.5) is 11.4 Å². The zero-order valence-electron chi connectivity index (χ0n) is 19.4. The van der Waals surface area contributed by atoms with Crippen LogP contribution in [0.25, 0.3) is 26.9 Å². The lowest BCUT2D eigenvalue weighted by Crippen LogP contribution is -2.68. The number of para-hydroxylation sites is 1. The van der Waals surface area contributed by atoms with Gasteiger partial charge in [0.05, 0.1) is 18.3 Å². The number of nitrogens with one attached hydrogen (secondary N) is 1. The number of aromatic nitrogens is 2. The maximum atomic E-state index is 12.4. The van der Waals surface area contributed by atoms with Crippen LogP contribution in [0.2, 0.25) is 0 Å². The van der Waals surface area contributed by atoms with E-state index >= 15 is 0 Å². The van der Waals surface area contributed by atoms with Crippen molar-refractivity contribution in [2.45, 2.75) is 33.2 Å². The second-order valence-corrected chi connectivity index (χ2v) is 9.77. The number of benzene rings is 2. The number of carbonyl (C=O) groups is 1. The van der Waals surface area contributed by atoms with E-state index in [1.165, 1.54) is 6.08 Å². The van der Waals surface area contributed by atoms with Crippen molar-refractivity contribution in [2.75, 3.05) is 24.5 Å². The Bertz CT molecular complexity index is 1300. The summed E-state index contributed by atoms with van der Waals surface area (Å²) in [7, 11) is 0. The number of likely N-dealkylation sites (tertiary alicyclic amines) is 1. The average molecular weight is 440 g/mol. The van der Waals surface area contributed by atoms with Gasteiger partial charge in [-0.3, -0.25) is 9.89 Å². The third-order valence-electron chi connectivity index (χ3n) is 7.49. The van der Waals surface area contributed by atoms with Gasteiger partial charge in [-0.25, -0.2) is 4.85 Å². The number of hydrogen-bond acceptors (Lipinski definition) is 3. The molecule has 2 unspecified atom stereocenters. The first-order chi connectivity index (χ1) is 15.9. The standard InChI is InChI=1S/C27H29N5O/c1-6-23(33)32-16-27(26(32)17(2)3)12-13-31(15-27)22-9-7-8-19(25(22)28-5)24-18(4)10-11-21-20(24)14-29-30-21/h6-11,14,17,26H,1,12-13,15-16H2,2-4H3,(H,29,30). The Morgan fingerprint density at radius 3 is 2.88 bits per heavy atom. The van der Waals surface area contributed by atoms with Gasteiger partial charge in [0.25, 0.3) is 0 Å². The predicted molar refractivity (Wildman–Crippen MR) is 132 cm³/mol. The first-order valence-corrected chi connectivity index (χ1v) is 11.5. The van der Waals surface area contributed by atoms with Crippen LogP contribution in [0.3, 0.4) is 0 Å². The Morgan fingerprint density at radius 2 is 2.15 bits per heavy atom. The van der Waals surface area contributed by atoms with Crippen LogP contribution in [0, 0.1) is 24.8 Å². The number of amides is 1. The van der Waals surface area contributed by atoms with Gasteiger partial charge in [-0.2, -0.15) is 5.10 Å². The smallest absolute Gasteiger partial charge is 0.246 e. The highest BCUT2D eigenvalue weighted by Crippen LogP contribution is 2.51. The lowest BCUT2D eigenvalue weighted by molar-refractivity contribution is -0.151. The third kappa shape index (κ3) is 3.14. The monoisotopic (exact) mass is 439 g/mol. The van der Waals surface area contributed by atoms with E-state index < -0.39 is 0 Å². The highest BCUT2D eigenvalue weighted by Gasteiger charge is 2.57. The SMILES string of the molecule is [C-]#[N+]c1c(-c2c(C)ccc3[nH]ncc23)cccc1N1CCC2(C1)CN(C(=O)C=C)C2C(C)C. The molecule has 5 rings (SSSR count). The lowest BCUT2D eigenvalue weighted by Gasteiger charge is -2.57. The Kier molecular flexibility index (Phi) is 5.01. The molecule has 0 saturated carbocycles. The fourth-order valence-electron chi connectivity index (χ4n) is 6.21. The minimum absolute atomic E-state index is 0.0188. The fourth-order valence-corrected chi connectivity index (χ4v) is 6.21. The molecule has 6 nitrogen and oxygen atoms in total. The molecule has 1 spiro atoms. The number of anilines is 1. The van der Waals surface area contributed by atoms with E-state index in [-0.39, 0.29) is 17.4 Å². The summed E-state index contributed by atoms with van der Waals surface area (Å²) in [6.07, 6.45) is 4.29. The number of H-pyrrole nitrogens is 1. The number of hydrogen-bond donors (Lipinski definition) is 1. The van der Waals surface area contributed by atoms with Crippen molar-refractivity contribution in [3.05, 3.63) is 66.2 Å². The Balaban J connectivity index is 1.53. The van der Waals surface area contributed by atoms with Gasteiger partial charge in [0.1, 0.15) is 0 Å². The van der Waals surface area contributed by atoms with Crippen molar-refractivity contribution in [3.63, 3.8) is 0 Å². The number of nitrogens with zero attached hydrogens (tertiary/aromatic N) is 4. The van der Waals surface area contributed by atoms with Crippen molar-refractivity contribution >= 4 is 28.2 Å². The number of fused-ring (bicyclic) bond motifs is 1. The summed E-state index contributed by atoms with van der Waals surface area (Å²) in [5.74, 6) is 0.390. The fraction of sp³-hybridized carbons (Fsp3) is 0.370. The number of carbonyl (C=O) groups excluding carboxylic acids is 1. The van der Waals surface area contributed by atoms with Crippen molar-refractivity contribution in [1.82, 2.24) is 15.1 Å². The number of rotatable bonds is 4. The minimum atomic E-state index is 0.0188. The van der Waals surface area contributed by atoms with Gasteiger partial charge in [-0.15, -0.1) is 0 Å². The van der Waals surface area contributed by atoms with Crippen molar-refractivity contribution in [2.24, 2.45) is 11.3 Å². The summed E-state index contributed by atoms with van der Waals surface area (Å²) in [4.78, 5) is 20.7. The van der Waals surface area contributed by atoms with E-state index in [4.69, 9.17) is 6.57 Å². The topological polar surface area (TPSA) is 56.6 Å². The molecule has 2 atom stereocenters. The van der Waals surface area contributed by atoms with Crippen LogP contribution in [-0.4, -0.2) is 46.7 Å². The van der Waals surface area contributed by atoms with Gasteiger partial charge >= 0.3 is 0 Å². The van der Waals surface area contributed by atoms with E-state index in [1.54, 1.807) is 0 Å². The summed E-state index contributed by atoms with van der Waals surface area (Å²) in [5.41, 5.74) is 5.85. The molecule has 3 heterocycles. The molecule has 2 saturated heterocycles. The molecule has 0 bridgehead atoms. The van der Waals surface area contributed by atoms with Crippen LogP contribution in [0.1, 0.15) is 25.8 Å². The van der Waals surface area contributed by atoms with Crippen LogP contribution >= 0.6 is 0 Å². The van der Waals surface area contributed by atoms with Crippen LogP contribution < -0.4 is 4.90 Å². The van der Waals surface area contributed by atoms with Gasteiger partial charge < -0.3 is 9.80 Å². The first-order valence-electron chi connectivity index (χ1n) is 11.5. The maximum absolute atomic E-state index is 12.4. The largest absolute Gasteiger partial charge is 0.380 e. The molecule has 2 aliphatic rings. The minimum Gasteiger partial charge on any atom is -0.380 e. The molecule has 1 N–H and O–H groups in total. The molecular weight excluding hydrogens is 410 g/mol. The normalized spacial score (nSPS) is 22.1. The zero-order chi connectivity index (χ0) is 23.3. The molecule has 2 aliphatic heterocycles. The molecule has 0 radical (unpaired) electrons. The average Bonchev–Trinajstić information content (AvgIpc) is 3.44. The van der Waals surface area contributed by atoms with E-state index in [1.807, 2.05) is 23.2 Å². The Hall–Kier alpha value is -3.59. The molecule has 3 aromatic rings. The molecule has 33 heavy (non-hydrogen) atoms. The molecule has 2 aromatic carbocycles. The highest BCUT2D eigenvalue weighted by atomic mass is 16.2.